The van der Waals surface area contributed by atoms with Gasteiger partial charge in [-0.3, -0.25) is 0 Å². The fourth-order valence-electron chi connectivity index (χ4n) is 1.44. The molecule has 0 amide bonds. The molecule has 0 aliphatic rings. The topological polar surface area (TPSA) is 53.7 Å². The summed E-state index contributed by atoms with van der Waals surface area (Å²) in [7, 11) is 4.26. The van der Waals surface area contributed by atoms with Crippen LogP contribution < -0.4 is 5.73 Å². The van der Waals surface area contributed by atoms with Gasteiger partial charge in [0.1, 0.15) is 9.52 Å². The van der Waals surface area contributed by atoms with Crippen molar-refractivity contribution < 1.29 is 14.2 Å². The summed E-state index contributed by atoms with van der Waals surface area (Å²) in [6, 6.07) is 1.10. The monoisotopic (exact) mass is 235 g/mol. The Kier molecular flexibility index (Phi) is 6.62. The quantitative estimate of drug-likeness (QED) is 0.492. The molecule has 0 atom stereocenters. The molecule has 0 saturated carbocycles. The van der Waals surface area contributed by atoms with E-state index in [0.717, 1.165) is 12.5 Å². The average molecular weight is 235 g/mol. The van der Waals surface area contributed by atoms with Gasteiger partial charge in [-0.15, -0.1) is 0 Å². The maximum atomic E-state index is 5.68. The molecule has 0 aromatic rings. The normalized spacial score (nSPS) is 14.0. The van der Waals surface area contributed by atoms with E-state index in [1.54, 1.807) is 21.3 Å². The van der Waals surface area contributed by atoms with E-state index >= 15 is 0 Å². The summed E-state index contributed by atoms with van der Waals surface area (Å²) in [4.78, 5) is 0. The van der Waals surface area contributed by atoms with Crippen LogP contribution in [-0.4, -0.2) is 43.0 Å². The van der Waals surface area contributed by atoms with Gasteiger partial charge in [-0.2, -0.15) is 0 Å². The molecule has 4 nitrogen and oxygen atoms in total. The largest absolute Gasteiger partial charge is 0.335 e. The van der Waals surface area contributed by atoms with Crippen LogP contribution in [0.3, 0.4) is 0 Å². The summed E-state index contributed by atoms with van der Waals surface area (Å²) >= 11 is 0. The predicted molar refractivity (Wildman–Crippen MR) is 64.6 cm³/mol. The molecule has 0 aliphatic heterocycles. The van der Waals surface area contributed by atoms with Crippen molar-refractivity contribution >= 4 is 9.52 Å². The van der Waals surface area contributed by atoms with E-state index in [9.17, 15) is 0 Å². The molecule has 2 N–H and O–H groups in total. The molecule has 15 heavy (non-hydrogen) atoms. The van der Waals surface area contributed by atoms with Crippen LogP contribution in [0.15, 0.2) is 0 Å². The first-order valence-electron chi connectivity index (χ1n) is 5.31. The third kappa shape index (κ3) is 5.08. The maximum Gasteiger partial charge on any atom is 0.248 e. The Labute approximate surface area is 95.3 Å². The highest BCUT2D eigenvalue weighted by atomic mass is 28.2. The molecule has 0 unspecified atom stereocenters. The van der Waals surface area contributed by atoms with Crippen LogP contribution in [-0.2, 0) is 14.2 Å². The Balaban J connectivity index is 4.02. The summed E-state index contributed by atoms with van der Waals surface area (Å²) in [6.07, 6.45) is 1.09. The Hall–Kier alpha value is 0.0569. The van der Waals surface area contributed by atoms with Crippen LogP contribution in [0, 0.1) is 5.41 Å². The minimum absolute atomic E-state index is 0.202. The number of ether oxygens (including phenoxy) is 3. The van der Waals surface area contributed by atoms with E-state index in [-0.39, 0.29) is 5.41 Å². The molecule has 0 aliphatic carbocycles. The molecule has 0 radical (unpaired) electrons. The minimum atomic E-state index is -0.759. The van der Waals surface area contributed by atoms with Gasteiger partial charge < -0.3 is 19.9 Å². The first-order valence-corrected chi connectivity index (χ1v) is 7.01. The third-order valence-electron chi connectivity index (χ3n) is 2.82. The summed E-state index contributed by atoms with van der Waals surface area (Å²) < 4.78 is 15.8. The predicted octanol–water partition coefficient (Wildman–Crippen LogP) is 0.499. The molecule has 0 fully saturated rings. The lowest BCUT2D eigenvalue weighted by Gasteiger charge is -2.30. The summed E-state index contributed by atoms with van der Waals surface area (Å²) in [6.45, 7) is 5.06. The molecule has 0 saturated heterocycles. The minimum Gasteiger partial charge on any atom is -0.335 e. The lowest BCUT2D eigenvalue weighted by molar-refractivity contribution is -0.294. The van der Waals surface area contributed by atoms with Gasteiger partial charge in [0.05, 0.1) is 0 Å². The Morgan fingerprint density at radius 3 is 1.87 bits per heavy atom. The molecular weight excluding hydrogens is 210 g/mol. The fourth-order valence-corrected chi connectivity index (χ4v) is 3.62. The van der Waals surface area contributed by atoms with Gasteiger partial charge in [-0.1, -0.05) is 19.9 Å². The van der Waals surface area contributed by atoms with Crippen molar-refractivity contribution in [1.82, 2.24) is 0 Å². The average Bonchev–Trinajstić information content (AvgIpc) is 2.25. The SMILES string of the molecule is COC(OC)(OC)[SiH2]CCC(C)(C)CN. The van der Waals surface area contributed by atoms with Crippen molar-refractivity contribution in [1.29, 1.82) is 0 Å². The van der Waals surface area contributed by atoms with Gasteiger partial charge in [-0.25, -0.2) is 0 Å². The van der Waals surface area contributed by atoms with Crippen molar-refractivity contribution in [3.05, 3.63) is 0 Å². The molecule has 0 aromatic heterocycles. The zero-order chi connectivity index (χ0) is 11.9. The van der Waals surface area contributed by atoms with Crippen molar-refractivity contribution in [3.63, 3.8) is 0 Å². The van der Waals surface area contributed by atoms with E-state index in [1.165, 1.54) is 0 Å². The number of rotatable bonds is 8. The van der Waals surface area contributed by atoms with Crippen molar-refractivity contribution in [2.24, 2.45) is 11.1 Å². The van der Waals surface area contributed by atoms with E-state index < -0.39 is 15.1 Å². The van der Waals surface area contributed by atoms with E-state index in [1.807, 2.05) is 0 Å². The molecule has 0 heterocycles. The summed E-state index contributed by atoms with van der Waals surface area (Å²) in [5.41, 5.74) is 5.12. The Bertz CT molecular complexity index is 164. The fraction of sp³-hybridized carbons (Fsp3) is 1.00. The van der Waals surface area contributed by atoms with E-state index in [0.29, 0.717) is 6.54 Å². The van der Waals surface area contributed by atoms with Gasteiger partial charge in [0.25, 0.3) is 0 Å². The Morgan fingerprint density at radius 2 is 1.53 bits per heavy atom. The van der Waals surface area contributed by atoms with Crippen LogP contribution >= 0.6 is 0 Å². The van der Waals surface area contributed by atoms with Crippen molar-refractivity contribution in [2.45, 2.75) is 31.9 Å². The first kappa shape index (κ1) is 15.1. The molecule has 5 heteroatoms. The molecule has 0 rings (SSSR count). The number of hydrogen-bond donors (Lipinski definition) is 1. The third-order valence-corrected chi connectivity index (χ3v) is 5.01. The second kappa shape index (κ2) is 6.60. The van der Waals surface area contributed by atoms with Crippen LogP contribution in [0.5, 0.6) is 0 Å². The molecule has 0 spiro atoms. The zero-order valence-electron chi connectivity index (χ0n) is 10.6. The van der Waals surface area contributed by atoms with Crippen LogP contribution in [0.2, 0.25) is 6.04 Å². The van der Waals surface area contributed by atoms with E-state index in [2.05, 4.69) is 13.8 Å². The second-order valence-electron chi connectivity index (χ2n) is 4.52. The molecule has 92 valence electrons. The van der Waals surface area contributed by atoms with Gasteiger partial charge in [0, 0.05) is 21.3 Å². The smallest absolute Gasteiger partial charge is 0.248 e. The van der Waals surface area contributed by atoms with Crippen LogP contribution in [0.4, 0.5) is 0 Å². The van der Waals surface area contributed by atoms with E-state index in [4.69, 9.17) is 19.9 Å². The summed E-state index contributed by atoms with van der Waals surface area (Å²) in [5.74, 6) is 0. The second-order valence-corrected chi connectivity index (χ2v) is 6.59. The van der Waals surface area contributed by atoms with Gasteiger partial charge in [0.15, 0.2) is 0 Å². The van der Waals surface area contributed by atoms with Gasteiger partial charge in [0.2, 0.25) is 5.60 Å². The highest BCUT2D eigenvalue weighted by Crippen LogP contribution is 2.22. The first-order chi connectivity index (χ1) is 6.95. The van der Waals surface area contributed by atoms with Crippen molar-refractivity contribution in [3.8, 4) is 0 Å². The van der Waals surface area contributed by atoms with Gasteiger partial charge >= 0.3 is 0 Å². The standard InChI is InChI=1S/C10H25NO3Si/c1-9(2,8-11)6-7-15-10(12-3,13-4)14-5/h6-8,11,15H2,1-5H3. The summed E-state index contributed by atoms with van der Waals surface area (Å²) in [5, 5.41) is 0. The van der Waals surface area contributed by atoms with Crippen LogP contribution in [0.1, 0.15) is 20.3 Å². The highest BCUT2D eigenvalue weighted by molar-refractivity contribution is 6.38. The van der Waals surface area contributed by atoms with Gasteiger partial charge in [-0.05, 0) is 18.4 Å². The lowest BCUT2D eigenvalue weighted by Crippen LogP contribution is -2.42. The molecular formula is C10H25NO3Si. The van der Waals surface area contributed by atoms with Crippen molar-refractivity contribution in [2.75, 3.05) is 27.9 Å². The maximum absolute atomic E-state index is 5.68. The van der Waals surface area contributed by atoms with Crippen LogP contribution in [0.25, 0.3) is 0 Å². The molecule has 0 bridgehead atoms. The number of nitrogens with two attached hydrogens (primary N) is 1. The number of hydrogen-bond acceptors (Lipinski definition) is 4. The highest BCUT2D eigenvalue weighted by Gasteiger charge is 2.29. The molecule has 0 aromatic carbocycles. The lowest BCUT2D eigenvalue weighted by atomic mass is 9.91. The number of methoxy groups -OCH3 is 3. The zero-order valence-corrected chi connectivity index (χ0v) is 12.0. The Morgan fingerprint density at radius 1 is 1.07 bits per heavy atom.